The number of methoxy groups -OCH3 is 2. The smallest absolute Gasteiger partial charge is 0.248 e. The van der Waals surface area contributed by atoms with Crippen molar-refractivity contribution in [3.63, 3.8) is 0 Å². The van der Waals surface area contributed by atoms with Crippen LogP contribution in [0.5, 0.6) is 17.2 Å². The van der Waals surface area contributed by atoms with Gasteiger partial charge < -0.3 is 19.6 Å². The molecule has 0 saturated carbocycles. The van der Waals surface area contributed by atoms with Crippen molar-refractivity contribution in [1.82, 2.24) is 4.98 Å². The van der Waals surface area contributed by atoms with Crippen molar-refractivity contribution < 1.29 is 14.6 Å². The van der Waals surface area contributed by atoms with Crippen LogP contribution in [0.1, 0.15) is 37.1 Å². The Morgan fingerprint density at radius 1 is 1.23 bits per heavy atom. The SMILES string of the molecule is CC=C1C2C=C(C)CC1(N=Cc1cc(OC)c(O)c(OC)c1)c1ccc(=O)[nH]c1C2. The van der Waals surface area contributed by atoms with Crippen LogP contribution in [0.25, 0.3) is 0 Å². The molecule has 2 bridgehead atoms. The quantitative estimate of drug-likeness (QED) is 0.596. The van der Waals surface area contributed by atoms with E-state index in [4.69, 9.17) is 14.5 Å². The number of pyridine rings is 1. The van der Waals surface area contributed by atoms with E-state index in [2.05, 4.69) is 24.1 Å². The lowest BCUT2D eigenvalue weighted by Crippen LogP contribution is -2.40. The number of nitrogens with zero attached hydrogens (tertiary/aromatic N) is 1. The Morgan fingerprint density at radius 3 is 2.57 bits per heavy atom. The lowest BCUT2D eigenvalue weighted by molar-refractivity contribution is 0.340. The van der Waals surface area contributed by atoms with Gasteiger partial charge in [0.15, 0.2) is 11.5 Å². The van der Waals surface area contributed by atoms with Gasteiger partial charge in [0, 0.05) is 35.9 Å². The lowest BCUT2D eigenvalue weighted by Gasteiger charge is -2.45. The van der Waals surface area contributed by atoms with Gasteiger partial charge in [0.1, 0.15) is 5.54 Å². The van der Waals surface area contributed by atoms with E-state index in [9.17, 15) is 9.90 Å². The number of aromatic amines is 1. The molecule has 0 fully saturated rings. The summed E-state index contributed by atoms with van der Waals surface area (Å²) in [5.74, 6) is 0.813. The number of aromatic nitrogens is 1. The number of benzene rings is 1. The number of phenolic OH excluding ortho intramolecular Hbond substituents is 1. The average Bonchev–Trinajstić information content (AvgIpc) is 2.72. The highest BCUT2D eigenvalue weighted by atomic mass is 16.5. The molecule has 0 radical (unpaired) electrons. The molecule has 2 aliphatic rings. The van der Waals surface area contributed by atoms with Gasteiger partial charge in [-0.2, -0.15) is 0 Å². The van der Waals surface area contributed by atoms with Crippen LogP contribution in [-0.4, -0.2) is 30.5 Å². The fourth-order valence-corrected chi connectivity index (χ4v) is 4.83. The van der Waals surface area contributed by atoms with Crippen molar-refractivity contribution in [3.05, 3.63) is 74.7 Å². The number of aliphatic imine (C=N–C) groups is 1. The second kappa shape index (κ2) is 7.52. The standard InChI is InChI=1S/C24H26N2O4/c1-5-17-16-8-14(2)12-24(17,18-6-7-22(27)26-19(18)11-16)25-13-15-9-20(29-3)23(28)21(10-15)30-4/h5-10,13,16,28H,11-12H2,1-4H3,(H,26,27). The minimum atomic E-state index is -0.575. The highest BCUT2D eigenvalue weighted by Crippen LogP contribution is 2.52. The zero-order valence-electron chi connectivity index (χ0n) is 17.7. The fraction of sp³-hybridized carbons (Fsp3) is 0.333. The Kier molecular flexibility index (Phi) is 5.02. The summed E-state index contributed by atoms with van der Waals surface area (Å²) in [5, 5.41) is 10.2. The number of phenols is 1. The van der Waals surface area contributed by atoms with Gasteiger partial charge in [-0.05, 0) is 49.6 Å². The maximum absolute atomic E-state index is 12.0. The van der Waals surface area contributed by atoms with Crippen LogP contribution in [-0.2, 0) is 12.0 Å². The first kappa shape index (κ1) is 20.0. The average molecular weight is 406 g/mol. The Bertz CT molecular complexity index is 1120. The van der Waals surface area contributed by atoms with Crippen LogP contribution in [0.4, 0.5) is 0 Å². The largest absolute Gasteiger partial charge is 0.502 e. The maximum atomic E-state index is 12.0. The number of hydrogen-bond donors (Lipinski definition) is 2. The Balaban J connectivity index is 1.89. The van der Waals surface area contributed by atoms with Crippen LogP contribution in [0, 0.1) is 5.92 Å². The summed E-state index contributed by atoms with van der Waals surface area (Å²) in [5.41, 5.74) is 4.58. The minimum Gasteiger partial charge on any atom is -0.502 e. The minimum absolute atomic E-state index is 0.0402. The summed E-state index contributed by atoms with van der Waals surface area (Å²) in [7, 11) is 3.00. The molecule has 0 saturated heterocycles. The van der Waals surface area contributed by atoms with Crippen molar-refractivity contribution in [2.45, 2.75) is 32.2 Å². The molecule has 0 amide bonds. The van der Waals surface area contributed by atoms with E-state index in [1.165, 1.54) is 25.4 Å². The Hall–Kier alpha value is -3.28. The lowest BCUT2D eigenvalue weighted by atomic mass is 9.63. The molecular formula is C24H26N2O4. The van der Waals surface area contributed by atoms with Gasteiger partial charge in [0.2, 0.25) is 11.3 Å². The van der Waals surface area contributed by atoms with E-state index in [0.29, 0.717) is 11.5 Å². The summed E-state index contributed by atoms with van der Waals surface area (Å²) in [4.78, 5) is 20.1. The van der Waals surface area contributed by atoms with Crippen LogP contribution in [0.3, 0.4) is 0 Å². The predicted octanol–water partition coefficient (Wildman–Crippen LogP) is 3.88. The molecule has 4 rings (SSSR count). The molecule has 2 atom stereocenters. The second-order valence-corrected chi connectivity index (χ2v) is 7.85. The number of H-pyrrole nitrogens is 1. The molecule has 0 spiro atoms. The first-order chi connectivity index (χ1) is 14.4. The molecule has 1 aromatic heterocycles. The Morgan fingerprint density at radius 2 is 1.93 bits per heavy atom. The van der Waals surface area contributed by atoms with E-state index < -0.39 is 5.54 Å². The Labute approximate surface area is 175 Å². The zero-order valence-corrected chi connectivity index (χ0v) is 17.7. The first-order valence-corrected chi connectivity index (χ1v) is 9.98. The van der Waals surface area contributed by atoms with Gasteiger partial charge >= 0.3 is 0 Å². The third-order valence-corrected chi connectivity index (χ3v) is 6.01. The van der Waals surface area contributed by atoms with E-state index >= 15 is 0 Å². The molecule has 2 N–H and O–H groups in total. The fourth-order valence-electron chi connectivity index (χ4n) is 4.83. The number of fused-ring (bicyclic) bond motifs is 4. The van der Waals surface area contributed by atoms with E-state index in [0.717, 1.165) is 29.7 Å². The van der Waals surface area contributed by atoms with Gasteiger partial charge in [-0.1, -0.05) is 17.7 Å². The van der Waals surface area contributed by atoms with E-state index in [1.807, 2.05) is 13.0 Å². The number of rotatable bonds is 4. The summed E-state index contributed by atoms with van der Waals surface area (Å²) >= 11 is 0. The highest BCUT2D eigenvalue weighted by Gasteiger charge is 2.46. The van der Waals surface area contributed by atoms with Crippen molar-refractivity contribution in [3.8, 4) is 17.2 Å². The topological polar surface area (TPSA) is 83.9 Å². The van der Waals surface area contributed by atoms with Crippen molar-refractivity contribution in [2.24, 2.45) is 10.9 Å². The molecule has 6 heteroatoms. The summed E-state index contributed by atoms with van der Waals surface area (Å²) in [6.45, 7) is 4.18. The second-order valence-electron chi connectivity index (χ2n) is 7.85. The van der Waals surface area contributed by atoms with Gasteiger partial charge in [-0.15, -0.1) is 0 Å². The highest BCUT2D eigenvalue weighted by molar-refractivity contribution is 5.83. The molecule has 2 aromatic rings. The summed E-state index contributed by atoms with van der Waals surface area (Å²) in [6, 6.07) is 6.94. The van der Waals surface area contributed by atoms with Crippen molar-refractivity contribution in [1.29, 1.82) is 0 Å². The summed E-state index contributed by atoms with van der Waals surface area (Å²) < 4.78 is 10.6. The van der Waals surface area contributed by atoms with Gasteiger partial charge in [0.05, 0.1) is 14.2 Å². The van der Waals surface area contributed by atoms with Crippen LogP contribution < -0.4 is 15.0 Å². The van der Waals surface area contributed by atoms with Crippen molar-refractivity contribution in [2.75, 3.05) is 14.2 Å². The van der Waals surface area contributed by atoms with Crippen LogP contribution in [0.15, 0.2) is 57.4 Å². The summed E-state index contributed by atoms with van der Waals surface area (Å²) in [6.07, 6.45) is 7.73. The number of allylic oxidation sites excluding steroid dienone is 2. The molecule has 6 nitrogen and oxygen atoms in total. The van der Waals surface area contributed by atoms with Gasteiger partial charge in [0.25, 0.3) is 0 Å². The molecule has 1 aromatic carbocycles. The third kappa shape index (κ3) is 3.12. The van der Waals surface area contributed by atoms with E-state index in [-0.39, 0.29) is 17.2 Å². The molecule has 156 valence electrons. The number of nitrogens with one attached hydrogen (secondary N) is 1. The number of ether oxygens (including phenoxy) is 2. The van der Waals surface area contributed by atoms with Crippen LogP contribution in [0.2, 0.25) is 0 Å². The molecule has 2 aliphatic carbocycles. The monoisotopic (exact) mass is 406 g/mol. The predicted molar refractivity (Wildman–Crippen MR) is 117 cm³/mol. The third-order valence-electron chi connectivity index (χ3n) is 6.01. The van der Waals surface area contributed by atoms with Crippen molar-refractivity contribution >= 4 is 6.21 Å². The zero-order chi connectivity index (χ0) is 21.5. The molecule has 2 unspecified atom stereocenters. The number of aromatic hydroxyl groups is 1. The molecule has 30 heavy (non-hydrogen) atoms. The maximum Gasteiger partial charge on any atom is 0.248 e. The van der Waals surface area contributed by atoms with Gasteiger partial charge in [-0.25, -0.2) is 0 Å². The molecule has 0 aliphatic heterocycles. The number of hydrogen-bond acceptors (Lipinski definition) is 5. The van der Waals surface area contributed by atoms with Gasteiger partial charge in [-0.3, -0.25) is 9.79 Å². The molecular weight excluding hydrogens is 380 g/mol. The normalized spacial score (nSPS) is 23.9. The molecule has 1 heterocycles. The van der Waals surface area contributed by atoms with Crippen LogP contribution >= 0.6 is 0 Å². The first-order valence-electron chi connectivity index (χ1n) is 9.98. The van der Waals surface area contributed by atoms with E-state index in [1.54, 1.807) is 24.4 Å².